The van der Waals surface area contributed by atoms with Crippen LogP contribution in [0.5, 0.6) is 0 Å². The van der Waals surface area contributed by atoms with Gasteiger partial charge in [-0.15, -0.1) is 0 Å². The molecule has 0 spiro atoms. The van der Waals surface area contributed by atoms with Crippen molar-refractivity contribution < 1.29 is 19.1 Å². The Morgan fingerprint density at radius 2 is 2.35 bits per heavy atom. The zero-order valence-corrected chi connectivity index (χ0v) is 9.43. The van der Waals surface area contributed by atoms with E-state index in [0.717, 1.165) is 4.90 Å². The first-order valence-corrected chi connectivity index (χ1v) is 5.69. The van der Waals surface area contributed by atoms with Gasteiger partial charge in [0.15, 0.2) is 0 Å². The van der Waals surface area contributed by atoms with Gasteiger partial charge in [0.1, 0.15) is 6.17 Å². The van der Waals surface area contributed by atoms with Gasteiger partial charge in [-0.1, -0.05) is 0 Å². The highest BCUT2D eigenvalue weighted by Crippen LogP contribution is 2.19. The first-order chi connectivity index (χ1) is 8.11. The summed E-state index contributed by atoms with van der Waals surface area (Å²) in [7, 11) is 0. The van der Waals surface area contributed by atoms with Crippen LogP contribution < -0.4 is 5.32 Å². The van der Waals surface area contributed by atoms with E-state index in [0.29, 0.717) is 13.1 Å². The Hall–Kier alpha value is -1.21. The number of imide groups is 1. The standard InChI is InChI=1S/C10H16FN3O3/c11-7-3-8(6-15)13(4-7)5-9(16)14-2-1-12-10(14)17/h7-8,15H,1-6H2,(H,12,17)/t7-,8-/m0/s1. The number of alkyl halides is 1. The normalized spacial score (nSPS) is 29.8. The molecule has 2 N–H and O–H groups in total. The number of nitrogens with one attached hydrogen (secondary N) is 1. The summed E-state index contributed by atoms with van der Waals surface area (Å²) in [6.07, 6.45) is -0.761. The summed E-state index contributed by atoms with van der Waals surface area (Å²) in [6.45, 7) is 0.777. The second-order valence-electron chi connectivity index (χ2n) is 4.38. The van der Waals surface area contributed by atoms with Gasteiger partial charge >= 0.3 is 6.03 Å². The van der Waals surface area contributed by atoms with Crippen LogP contribution in [0.25, 0.3) is 0 Å². The quantitative estimate of drug-likeness (QED) is 0.665. The number of amides is 3. The second-order valence-corrected chi connectivity index (χ2v) is 4.38. The lowest BCUT2D eigenvalue weighted by atomic mass is 10.2. The van der Waals surface area contributed by atoms with E-state index in [-0.39, 0.29) is 38.1 Å². The minimum Gasteiger partial charge on any atom is -0.395 e. The number of rotatable bonds is 3. The highest BCUT2D eigenvalue weighted by Gasteiger charge is 2.35. The molecule has 7 heteroatoms. The van der Waals surface area contributed by atoms with E-state index in [4.69, 9.17) is 5.11 Å². The average molecular weight is 245 g/mol. The van der Waals surface area contributed by atoms with Crippen molar-refractivity contribution in [2.75, 3.05) is 32.8 Å². The molecule has 2 atom stereocenters. The Morgan fingerprint density at radius 1 is 1.59 bits per heavy atom. The fourth-order valence-electron chi connectivity index (χ4n) is 2.27. The van der Waals surface area contributed by atoms with E-state index in [1.165, 1.54) is 0 Å². The van der Waals surface area contributed by atoms with Crippen molar-refractivity contribution in [1.82, 2.24) is 15.1 Å². The smallest absolute Gasteiger partial charge is 0.324 e. The van der Waals surface area contributed by atoms with Gasteiger partial charge in [-0.2, -0.15) is 0 Å². The highest BCUT2D eigenvalue weighted by atomic mass is 19.1. The zero-order valence-electron chi connectivity index (χ0n) is 9.43. The van der Waals surface area contributed by atoms with Gasteiger partial charge in [0.05, 0.1) is 13.2 Å². The molecule has 2 fully saturated rings. The summed E-state index contributed by atoms with van der Waals surface area (Å²) >= 11 is 0. The molecule has 0 unspecified atom stereocenters. The molecule has 2 heterocycles. The third kappa shape index (κ3) is 2.55. The van der Waals surface area contributed by atoms with Crippen LogP contribution in [0.15, 0.2) is 0 Å². The molecule has 0 radical (unpaired) electrons. The van der Waals surface area contributed by atoms with Gasteiger partial charge in [0.2, 0.25) is 5.91 Å². The maximum atomic E-state index is 13.2. The topological polar surface area (TPSA) is 72.9 Å². The predicted octanol–water partition coefficient (Wildman–Crippen LogP) is -1.06. The van der Waals surface area contributed by atoms with E-state index in [1.54, 1.807) is 4.90 Å². The Labute approximate surface area is 98.4 Å². The first kappa shape index (κ1) is 12.3. The molecule has 96 valence electrons. The summed E-state index contributed by atoms with van der Waals surface area (Å²) in [5, 5.41) is 11.6. The monoisotopic (exact) mass is 245 g/mol. The molecule has 0 aromatic heterocycles. The van der Waals surface area contributed by atoms with Crippen LogP contribution in [-0.4, -0.2) is 71.8 Å². The SMILES string of the molecule is O=C(CN1C[C@@H](F)C[C@H]1CO)N1CCNC1=O. The number of halogens is 1. The second kappa shape index (κ2) is 4.97. The molecule has 0 saturated carbocycles. The van der Waals surface area contributed by atoms with Crippen LogP contribution in [0.2, 0.25) is 0 Å². The molecule has 0 aromatic rings. The number of aliphatic hydroxyl groups is 1. The fraction of sp³-hybridized carbons (Fsp3) is 0.800. The van der Waals surface area contributed by atoms with Gasteiger partial charge in [0, 0.05) is 25.7 Å². The van der Waals surface area contributed by atoms with Crippen molar-refractivity contribution in [1.29, 1.82) is 0 Å². The molecule has 2 aliphatic heterocycles. The van der Waals surface area contributed by atoms with E-state index >= 15 is 0 Å². The molecular weight excluding hydrogens is 229 g/mol. The van der Waals surface area contributed by atoms with E-state index in [9.17, 15) is 14.0 Å². The number of likely N-dealkylation sites (tertiary alicyclic amines) is 1. The highest BCUT2D eigenvalue weighted by molar-refractivity contribution is 5.96. The largest absolute Gasteiger partial charge is 0.395 e. The van der Waals surface area contributed by atoms with Crippen molar-refractivity contribution >= 4 is 11.9 Å². The molecular formula is C10H16FN3O3. The summed E-state index contributed by atoms with van der Waals surface area (Å²) in [4.78, 5) is 25.8. The minimum atomic E-state index is -1.01. The van der Waals surface area contributed by atoms with Gasteiger partial charge in [0.25, 0.3) is 0 Å². The minimum absolute atomic E-state index is 0.0148. The number of carbonyl (C=O) groups excluding carboxylic acids is 2. The average Bonchev–Trinajstić information content (AvgIpc) is 2.84. The van der Waals surface area contributed by atoms with Crippen LogP contribution in [0.1, 0.15) is 6.42 Å². The van der Waals surface area contributed by atoms with Gasteiger partial charge in [-0.05, 0) is 6.42 Å². The number of urea groups is 1. The summed E-state index contributed by atoms with van der Waals surface area (Å²) in [5.74, 6) is -0.340. The number of nitrogens with zero attached hydrogens (tertiary/aromatic N) is 2. The molecule has 2 rings (SSSR count). The zero-order chi connectivity index (χ0) is 12.4. The summed E-state index contributed by atoms with van der Waals surface area (Å²) in [6, 6.07) is -0.717. The molecule has 3 amide bonds. The van der Waals surface area contributed by atoms with Crippen LogP contribution in [-0.2, 0) is 4.79 Å². The van der Waals surface area contributed by atoms with E-state index in [2.05, 4.69) is 5.32 Å². The summed E-state index contributed by atoms with van der Waals surface area (Å²) in [5.41, 5.74) is 0. The van der Waals surface area contributed by atoms with Crippen molar-refractivity contribution in [2.45, 2.75) is 18.6 Å². The first-order valence-electron chi connectivity index (χ1n) is 5.69. The summed E-state index contributed by atoms with van der Waals surface area (Å²) < 4.78 is 13.2. The molecule has 2 aliphatic rings. The van der Waals surface area contributed by atoms with Crippen molar-refractivity contribution in [3.8, 4) is 0 Å². The van der Waals surface area contributed by atoms with Crippen molar-refractivity contribution in [3.05, 3.63) is 0 Å². The van der Waals surface area contributed by atoms with Gasteiger partial charge in [-0.25, -0.2) is 9.18 Å². The Balaban J connectivity index is 1.91. The lowest BCUT2D eigenvalue weighted by Crippen LogP contribution is -2.44. The fourth-order valence-corrected chi connectivity index (χ4v) is 2.27. The van der Waals surface area contributed by atoms with Gasteiger partial charge < -0.3 is 10.4 Å². The molecule has 2 saturated heterocycles. The number of hydrogen-bond donors (Lipinski definition) is 2. The molecule has 6 nitrogen and oxygen atoms in total. The van der Waals surface area contributed by atoms with Crippen LogP contribution in [0.3, 0.4) is 0 Å². The number of carbonyl (C=O) groups is 2. The predicted molar refractivity (Wildman–Crippen MR) is 57.1 cm³/mol. The van der Waals surface area contributed by atoms with Crippen LogP contribution in [0, 0.1) is 0 Å². The Kier molecular flexibility index (Phi) is 3.58. The number of hydrogen-bond acceptors (Lipinski definition) is 4. The maximum Gasteiger partial charge on any atom is 0.324 e. The van der Waals surface area contributed by atoms with Crippen LogP contribution in [0.4, 0.5) is 9.18 Å². The lowest BCUT2D eigenvalue weighted by Gasteiger charge is -2.23. The van der Waals surface area contributed by atoms with Crippen molar-refractivity contribution in [2.24, 2.45) is 0 Å². The molecule has 0 bridgehead atoms. The Morgan fingerprint density at radius 3 is 2.94 bits per heavy atom. The van der Waals surface area contributed by atoms with E-state index < -0.39 is 12.2 Å². The van der Waals surface area contributed by atoms with Gasteiger partial charge in [-0.3, -0.25) is 14.6 Å². The maximum absolute atomic E-state index is 13.2. The third-order valence-electron chi connectivity index (χ3n) is 3.18. The molecule has 0 aliphatic carbocycles. The number of aliphatic hydroxyl groups excluding tert-OH is 1. The Bertz CT molecular complexity index is 326. The van der Waals surface area contributed by atoms with Crippen LogP contribution >= 0.6 is 0 Å². The third-order valence-corrected chi connectivity index (χ3v) is 3.18. The lowest BCUT2D eigenvalue weighted by molar-refractivity contribution is -0.129. The van der Waals surface area contributed by atoms with Crippen molar-refractivity contribution in [3.63, 3.8) is 0 Å². The molecule has 0 aromatic carbocycles. The van der Waals surface area contributed by atoms with E-state index in [1.807, 2.05) is 0 Å². The molecule has 17 heavy (non-hydrogen) atoms.